The summed E-state index contributed by atoms with van der Waals surface area (Å²) >= 11 is 0. The summed E-state index contributed by atoms with van der Waals surface area (Å²) in [7, 11) is 0. The van der Waals surface area contributed by atoms with Crippen molar-refractivity contribution in [2.75, 3.05) is 13.2 Å². The highest BCUT2D eigenvalue weighted by molar-refractivity contribution is 5.71. The zero-order chi connectivity index (χ0) is 45.1. The van der Waals surface area contributed by atoms with Crippen molar-refractivity contribution in [3.63, 3.8) is 0 Å². The van der Waals surface area contributed by atoms with Gasteiger partial charge in [-0.25, -0.2) is 0 Å². The van der Waals surface area contributed by atoms with Crippen LogP contribution in [0.1, 0.15) is 284 Å². The highest BCUT2D eigenvalue weighted by Crippen LogP contribution is 2.16. The zero-order valence-corrected chi connectivity index (χ0v) is 41.4. The van der Waals surface area contributed by atoms with Crippen molar-refractivity contribution in [2.45, 2.75) is 290 Å². The third-order valence-electron chi connectivity index (χ3n) is 11.9. The quantitative estimate of drug-likeness (QED) is 0.0262. The van der Waals surface area contributed by atoms with Gasteiger partial charge in [0, 0.05) is 19.3 Å². The first-order valence-electron chi connectivity index (χ1n) is 27.0. The lowest BCUT2D eigenvalue weighted by molar-refractivity contribution is -0.167. The molecule has 0 spiro atoms. The lowest BCUT2D eigenvalue weighted by Crippen LogP contribution is -2.30. The van der Waals surface area contributed by atoms with Crippen LogP contribution in [0.3, 0.4) is 0 Å². The van der Waals surface area contributed by atoms with Crippen molar-refractivity contribution >= 4 is 17.9 Å². The molecule has 1 unspecified atom stereocenters. The van der Waals surface area contributed by atoms with E-state index in [4.69, 9.17) is 14.2 Å². The molecule has 0 fully saturated rings. The number of esters is 3. The largest absolute Gasteiger partial charge is 0.462 e. The topological polar surface area (TPSA) is 78.9 Å². The lowest BCUT2D eigenvalue weighted by atomic mass is 10.0. The number of carbonyl (C=O) groups is 3. The van der Waals surface area contributed by atoms with Crippen molar-refractivity contribution in [2.24, 2.45) is 0 Å². The Kier molecular flexibility index (Phi) is 49.3. The van der Waals surface area contributed by atoms with Crippen molar-refractivity contribution in [3.8, 4) is 0 Å². The molecule has 0 aliphatic rings. The Bertz CT molecular complexity index is 1050. The Hall–Kier alpha value is -2.37. The summed E-state index contributed by atoms with van der Waals surface area (Å²) in [6.07, 6.45) is 60.1. The van der Waals surface area contributed by atoms with Gasteiger partial charge < -0.3 is 14.2 Å². The average Bonchev–Trinajstić information content (AvgIpc) is 3.27. The molecule has 0 aromatic heterocycles. The standard InChI is InChI=1S/C56H102O6/c1-4-7-10-13-16-19-21-23-25-27-28-29-31-32-34-37-40-43-46-49-55(58)61-52-53(51-60-54(57)48-45-42-39-36-18-15-12-9-6-3)62-56(59)50-47-44-41-38-35-33-30-26-24-22-20-17-14-11-8-5-2/h9,12,18,26,30,36,53H,4-8,10-11,13-17,19-25,27-29,31-35,37-52H2,1-3H3/b12-9-,30-26-,36-18-. The first kappa shape index (κ1) is 59.6. The molecule has 0 amide bonds. The molecule has 0 N–H and O–H groups in total. The Morgan fingerprint density at radius 1 is 0.339 bits per heavy atom. The van der Waals surface area contributed by atoms with Gasteiger partial charge in [-0.2, -0.15) is 0 Å². The summed E-state index contributed by atoms with van der Waals surface area (Å²) < 4.78 is 16.8. The van der Waals surface area contributed by atoms with Crippen LogP contribution in [0.25, 0.3) is 0 Å². The van der Waals surface area contributed by atoms with Crippen LogP contribution in [0.2, 0.25) is 0 Å². The van der Waals surface area contributed by atoms with E-state index in [1.54, 1.807) is 0 Å². The van der Waals surface area contributed by atoms with E-state index in [-0.39, 0.29) is 31.1 Å². The molecule has 0 radical (unpaired) electrons. The molecule has 6 nitrogen and oxygen atoms in total. The molecule has 0 bridgehead atoms. The van der Waals surface area contributed by atoms with Crippen LogP contribution >= 0.6 is 0 Å². The van der Waals surface area contributed by atoms with Gasteiger partial charge in [-0.15, -0.1) is 0 Å². The second-order valence-corrected chi connectivity index (χ2v) is 18.1. The third-order valence-corrected chi connectivity index (χ3v) is 11.9. The van der Waals surface area contributed by atoms with Gasteiger partial charge in [0.05, 0.1) is 0 Å². The Balaban J connectivity index is 4.27. The minimum atomic E-state index is -0.785. The van der Waals surface area contributed by atoms with Gasteiger partial charge in [-0.3, -0.25) is 14.4 Å². The normalized spacial score (nSPS) is 12.2. The van der Waals surface area contributed by atoms with Crippen LogP contribution < -0.4 is 0 Å². The Labute approximate surface area is 385 Å². The van der Waals surface area contributed by atoms with Crippen LogP contribution in [0.5, 0.6) is 0 Å². The number of hydrogen-bond acceptors (Lipinski definition) is 6. The summed E-state index contributed by atoms with van der Waals surface area (Å²) in [5.41, 5.74) is 0. The van der Waals surface area contributed by atoms with E-state index in [9.17, 15) is 14.4 Å². The van der Waals surface area contributed by atoms with Gasteiger partial charge in [0.1, 0.15) is 13.2 Å². The molecule has 0 saturated carbocycles. The Morgan fingerprint density at radius 2 is 0.629 bits per heavy atom. The summed E-state index contributed by atoms with van der Waals surface area (Å²) in [6.45, 7) is 6.51. The fourth-order valence-corrected chi connectivity index (χ4v) is 7.83. The number of rotatable bonds is 49. The molecule has 0 saturated heterocycles. The zero-order valence-electron chi connectivity index (χ0n) is 41.4. The fourth-order valence-electron chi connectivity index (χ4n) is 7.83. The molecule has 0 aliphatic heterocycles. The average molecular weight is 871 g/mol. The highest BCUT2D eigenvalue weighted by Gasteiger charge is 2.19. The van der Waals surface area contributed by atoms with E-state index < -0.39 is 6.10 Å². The maximum atomic E-state index is 12.8. The van der Waals surface area contributed by atoms with Crippen molar-refractivity contribution in [1.82, 2.24) is 0 Å². The minimum absolute atomic E-state index is 0.0826. The second-order valence-electron chi connectivity index (χ2n) is 18.1. The van der Waals surface area contributed by atoms with E-state index in [0.29, 0.717) is 19.3 Å². The maximum Gasteiger partial charge on any atom is 0.306 e. The molecule has 0 heterocycles. The molecule has 0 rings (SSSR count). The van der Waals surface area contributed by atoms with Crippen LogP contribution in [0, 0.1) is 0 Å². The Morgan fingerprint density at radius 3 is 1.02 bits per heavy atom. The van der Waals surface area contributed by atoms with E-state index in [0.717, 1.165) is 83.5 Å². The van der Waals surface area contributed by atoms with E-state index in [2.05, 4.69) is 57.2 Å². The number of allylic oxidation sites excluding steroid dienone is 6. The smallest absolute Gasteiger partial charge is 0.306 e. The molecular formula is C56H102O6. The number of hydrogen-bond donors (Lipinski definition) is 0. The molecule has 0 aliphatic carbocycles. The summed E-state index contributed by atoms with van der Waals surface area (Å²) in [4.78, 5) is 37.9. The van der Waals surface area contributed by atoms with Gasteiger partial charge in [0.15, 0.2) is 6.10 Å². The number of unbranched alkanes of at least 4 members (excludes halogenated alkanes) is 32. The summed E-state index contributed by atoms with van der Waals surface area (Å²) in [6, 6.07) is 0. The minimum Gasteiger partial charge on any atom is -0.462 e. The predicted octanol–water partition coefficient (Wildman–Crippen LogP) is 17.7. The van der Waals surface area contributed by atoms with Gasteiger partial charge in [0.2, 0.25) is 0 Å². The van der Waals surface area contributed by atoms with Gasteiger partial charge in [-0.05, 0) is 70.6 Å². The van der Waals surface area contributed by atoms with Crippen molar-refractivity contribution in [3.05, 3.63) is 36.5 Å². The molecule has 6 heteroatoms. The molecule has 1 atom stereocenters. The molecular weight excluding hydrogens is 769 g/mol. The predicted molar refractivity (Wildman–Crippen MR) is 266 cm³/mol. The second kappa shape index (κ2) is 51.3. The highest BCUT2D eigenvalue weighted by atomic mass is 16.6. The maximum absolute atomic E-state index is 12.8. The van der Waals surface area contributed by atoms with Crippen molar-refractivity contribution < 1.29 is 28.6 Å². The van der Waals surface area contributed by atoms with Gasteiger partial charge >= 0.3 is 17.9 Å². The van der Waals surface area contributed by atoms with Crippen LogP contribution in [0.15, 0.2) is 36.5 Å². The summed E-state index contributed by atoms with van der Waals surface area (Å²) in [5, 5.41) is 0. The number of ether oxygens (including phenoxy) is 3. The van der Waals surface area contributed by atoms with Crippen molar-refractivity contribution in [1.29, 1.82) is 0 Å². The lowest BCUT2D eigenvalue weighted by Gasteiger charge is -2.18. The van der Waals surface area contributed by atoms with E-state index in [1.807, 2.05) is 0 Å². The fraction of sp³-hybridized carbons (Fsp3) is 0.839. The van der Waals surface area contributed by atoms with Gasteiger partial charge in [-0.1, -0.05) is 231 Å². The van der Waals surface area contributed by atoms with E-state index >= 15 is 0 Å². The molecule has 0 aromatic carbocycles. The third kappa shape index (κ3) is 48.7. The number of carbonyl (C=O) groups excluding carboxylic acids is 3. The molecule has 0 aromatic rings. The van der Waals surface area contributed by atoms with Crippen LogP contribution in [-0.2, 0) is 28.6 Å². The van der Waals surface area contributed by atoms with Gasteiger partial charge in [0.25, 0.3) is 0 Å². The van der Waals surface area contributed by atoms with Crippen LogP contribution in [-0.4, -0.2) is 37.2 Å². The summed E-state index contributed by atoms with van der Waals surface area (Å²) in [5.74, 6) is -0.918. The molecule has 362 valence electrons. The van der Waals surface area contributed by atoms with E-state index in [1.165, 1.54) is 161 Å². The first-order chi connectivity index (χ1) is 30.5. The SMILES string of the molecule is CC/C=C\C/C=C\CCCCC(=O)OCC(COC(=O)CCCCCCCCCCCCCCCCCCCCC)OC(=O)CCCCCCC/C=C\CCCCCCCCC. The monoisotopic (exact) mass is 871 g/mol. The first-order valence-corrected chi connectivity index (χ1v) is 27.0. The van der Waals surface area contributed by atoms with Crippen LogP contribution in [0.4, 0.5) is 0 Å². The molecule has 62 heavy (non-hydrogen) atoms.